The van der Waals surface area contributed by atoms with Crippen molar-refractivity contribution in [3.63, 3.8) is 0 Å². The van der Waals surface area contributed by atoms with E-state index in [2.05, 4.69) is 0 Å². The molecule has 2 heterocycles. The van der Waals surface area contributed by atoms with Gasteiger partial charge in [-0.15, -0.1) is 0 Å². The second-order valence-corrected chi connectivity index (χ2v) is 9.17. The molecule has 0 spiro atoms. The molecule has 6 nitrogen and oxygen atoms in total. The largest absolute Gasteiger partial charge is 0.374 e. The molecular weight excluding hydrogens is 321 g/mol. The molecular formula is C12H14FNO5S2. The molecule has 2 atom stereocenters. The van der Waals surface area contributed by atoms with Crippen LogP contribution in [0.1, 0.15) is 0 Å². The number of hydrogen-bond donors (Lipinski definition) is 0. The third kappa shape index (κ3) is 2.70. The minimum absolute atomic E-state index is 0.0474. The fourth-order valence-electron chi connectivity index (χ4n) is 2.72. The van der Waals surface area contributed by atoms with Gasteiger partial charge in [-0.3, -0.25) is 0 Å². The molecule has 0 bridgehead atoms. The summed E-state index contributed by atoms with van der Waals surface area (Å²) < 4.78 is 68.1. The molecule has 1 aromatic rings. The SMILES string of the molecule is O=S1(=O)CC2OCCN(S(=O)(=O)c3ccc(F)cc3)C2C1. The fraction of sp³-hybridized carbons (Fsp3) is 0.500. The predicted octanol–water partition coefficient (Wildman–Crippen LogP) is 0.0122. The van der Waals surface area contributed by atoms with Crippen LogP contribution in [0.4, 0.5) is 4.39 Å². The number of fused-ring (bicyclic) bond motifs is 1. The fourth-order valence-corrected chi connectivity index (χ4v) is 6.32. The number of hydrogen-bond acceptors (Lipinski definition) is 5. The van der Waals surface area contributed by atoms with E-state index in [1.807, 2.05) is 0 Å². The smallest absolute Gasteiger partial charge is 0.243 e. The van der Waals surface area contributed by atoms with Crippen LogP contribution >= 0.6 is 0 Å². The topological polar surface area (TPSA) is 80.8 Å². The summed E-state index contributed by atoms with van der Waals surface area (Å²) in [6.45, 7) is 0.244. The van der Waals surface area contributed by atoms with Crippen LogP contribution in [0.3, 0.4) is 0 Å². The molecule has 1 aromatic carbocycles. The molecule has 116 valence electrons. The third-order valence-electron chi connectivity index (χ3n) is 3.71. The summed E-state index contributed by atoms with van der Waals surface area (Å²) in [5.41, 5.74) is 0. The van der Waals surface area contributed by atoms with Crippen LogP contribution in [0.25, 0.3) is 0 Å². The lowest BCUT2D eigenvalue weighted by molar-refractivity contribution is -0.0141. The highest BCUT2D eigenvalue weighted by Gasteiger charge is 2.48. The van der Waals surface area contributed by atoms with E-state index in [-0.39, 0.29) is 29.6 Å². The molecule has 9 heteroatoms. The van der Waals surface area contributed by atoms with Crippen molar-refractivity contribution in [2.24, 2.45) is 0 Å². The van der Waals surface area contributed by atoms with Crippen molar-refractivity contribution in [1.82, 2.24) is 4.31 Å². The molecule has 0 saturated carbocycles. The summed E-state index contributed by atoms with van der Waals surface area (Å²) in [6, 6.07) is 3.78. The molecule has 21 heavy (non-hydrogen) atoms. The van der Waals surface area contributed by atoms with Gasteiger partial charge < -0.3 is 4.74 Å². The van der Waals surface area contributed by atoms with Crippen LogP contribution in [0.2, 0.25) is 0 Å². The monoisotopic (exact) mass is 335 g/mol. The van der Waals surface area contributed by atoms with Crippen molar-refractivity contribution >= 4 is 19.9 Å². The maximum absolute atomic E-state index is 12.9. The maximum atomic E-state index is 12.9. The molecule has 2 fully saturated rings. The average molecular weight is 335 g/mol. The Bertz CT molecular complexity index is 744. The highest BCUT2D eigenvalue weighted by molar-refractivity contribution is 7.92. The predicted molar refractivity (Wildman–Crippen MR) is 72.5 cm³/mol. The third-order valence-corrected chi connectivity index (χ3v) is 7.33. The van der Waals surface area contributed by atoms with Crippen molar-refractivity contribution in [3.8, 4) is 0 Å². The van der Waals surface area contributed by atoms with E-state index in [9.17, 15) is 21.2 Å². The van der Waals surface area contributed by atoms with Gasteiger partial charge >= 0.3 is 0 Å². The van der Waals surface area contributed by atoms with E-state index in [1.165, 1.54) is 16.4 Å². The zero-order valence-corrected chi connectivity index (χ0v) is 12.6. The molecule has 2 unspecified atom stereocenters. The summed E-state index contributed by atoms with van der Waals surface area (Å²) >= 11 is 0. The van der Waals surface area contributed by atoms with Gasteiger partial charge in [0.25, 0.3) is 0 Å². The minimum Gasteiger partial charge on any atom is -0.374 e. The van der Waals surface area contributed by atoms with Gasteiger partial charge in [0.1, 0.15) is 5.82 Å². The number of sulfonamides is 1. The summed E-state index contributed by atoms with van der Waals surface area (Å²) in [5.74, 6) is -0.928. The lowest BCUT2D eigenvalue weighted by atomic mass is 10.2. The Balaban J connectivity index is 1.96. The Morgan fingerprint density at radius 3 is 2.52 bits per heavy atom. The quantitative estimate of drug-likeness (QED) is 0.761. The maximum Gasteiger partial charge on any atom is 0.243 e. The van der Waals surface area contributed by atoms with Gasteiger partial charge in [-0.25, -0.2) is 21.2 Å². The van der Waals surface area contributed by atoms with Crippen LogP contribution in [0.5, 0.6) is 0 Å². The first-order valence-electron chi connectivity index (χ1n) is 6.39. The Labute approximate surface area is 122 Å². The number of benzene rings is 1. The standard InChI is InChI=1S/C12H14FNO5S2/c13-9-1-3-10(4-2-9)21(17,18)14-5-6-19-12-8-20(15,16)7-11(12)14/h1-4,11-12H,5-8H2. The van der Waals surface area contributed by atoms with Crippen molar-refractivity contribution in [1.29, 1.82) is 0 Å². The van der Waals surface area contributed by atoms with Crippen LogP contribution in [-0.2, 0) is 24.6 Å². The van der Waals surface area contributed by atoms with Gasteiger partial charge in [0.15, 0.2) is 9.84 Å². The number of ether oxygens (including phenoxy) is 1. The van der Waals surface area contributed by atoms with E-state index in [0.717, 1.165) is 12.1 Å². The molecule has 2 saturated heterocycles. The lowest BCUT2D eigenvalue weighted by Gasteiger charge is -2.35. The van der Waals surface area contributed by atoms with Gasteiger partial charge in [0.05, 0.1) is 35.2 Å². The van der Waals surface area contributed by atoms with Crippen molar-refractivity contribution in [3.05, 3.63) is 30.1 Å². The first kappa shape index (κ1) is 14.9. The van der Waals surface area contributed by atoms with E-state index in [0.29, 0.717) is 0 Å². The molecule has 0 radical (unpaired) electrons. The second-order valence-electron chi connectivity index (χ2n) is 5.12. The van der Waals surface area contributed by atoms with Crippen LogP contribution in [-0.4, -0.2) is 57.9 Å². The number of halogens is 1. The van der Waals surface area contributed by atoms with E-state index >= 15 is 0 Å². The zero-order valence-electron chi connectivity index (χ0n) is 11.0. The van der Waals surface area contributed by atoms with Gasteiger partial charge in [-0.2, -0.15) is 4.31 Å². The molecule has 3 rings (SSSR count). The first-order chi connectivity index (χ1) is 9.79. The zero-order chi connectivity index (χ0) is 15.3. The molecule has 0 amide bonds. The van der Waals surface area contributed by atoms with Gasteiger partial charge in [-0.1, -0.05) is 0 Å². The molecule has 0 aliphatic carbocycles. The number of morpholine rings is 1. The highest BCUT2D eigenvalue weighted by Crippen LogP contribution is 2.29. The molecule has 0 N–H and O–H groups in total. The first-order valence-corrected chi connectivity index (χ1v) is 9.65. The number of sulfone groups is 1. The second kappa shape index (κ2) is 5.01. The summed E-state index contributed by atoms with van der Waals surface area (Å²) in [5, 5.41) is 0. The average Bonchev–Trinajstić information content (AvgIpc) is 2.72. The van der Waals surface area contributed by atoms with Crippen molar-refractivity contribution in [2.45, 2.75) is 17.0 Å². The highest BCUT2D eigenvalue weighted by atomic mass is 32.2. The van der Waals surface area contributed by atoms with Gasteiger partial charge in [-0.05, 0) is 24.3 Å². The van der Waals surface area contributed by atoms with E-state index < -0.39 is 37.8 Å². The van der Waals surface area contributed by atoms with E-state index in [1.54, 1.807) is 0 Å². The normalized spacial score (nSPS) is 29.2. The summed E-state index contributed by atoms with van der Waals surface area (Å²) in [6.07, 6.45) is -0.626. The van der Waals surface area contributed by atoms with Crippen molar-refractivity contribution in [2.75, 3.05) is 24.7 Å². The Morgan fingerprint density at radius 2 is 1.86 bits per heavy atom. The van der Waals surface area contributed by atoms with E-state index in [4.69, 9.17) is 4.74 Å². The molecule has 2 aliphatic heterocycles. The Kier molecular flexibility index (Phi) is 3.55. The Morgan fingerprint density at radius 1 is 1.19 bits per heavy atom. The van der Waals surface area contributed by atoms with Crippen LogP contribution in [0.15, 0.2) is 29.2 Å². The summed E-state index contributed by atoms with van der Waals surface area (Å²) in [7, 11) is -7.16. The van der Waals surface area contributed by atoms with Crippen LogP contribution in [0, 0.1) is 5.82 Å². The summed E-state index contributed by atoms with van der Waals surface area (Å²) in [4.78, 5) is -0.0474. The molecule has 0 aromatic heterocycles. The molecule has 2 aliphatic rings. The van der Waals surface area contributed by atoms with Crippen molar-refractivity contribution < 1.29 is 26.0 Å². The number of nitrogens with zero attached hydrogens (tertiary/aromatic N) is 1. The Hall–Kier alpha value is -1.03. The minimum atomic E-state index is -3.86. The van der Waals surface area contributed by atoms with Crippen LogP contribution < -0.4 is 0 Å². The van der Waals surface area contributed by atoms with Gasteiger partial charge in [0, 0.05) is 6.54 Å². The van der Waals surface area contributed by atoms with Gasteiger partial charge in [0.2, 0.25) is 10.0 Å². The lowest BCUT2D eigenvalue weighted by Crippen LogP contribution is -2.53. The number of rotatable bonds is 2.